The molecule has 3 N–H and O–H groups in total. The second kappa shape index (κ2) is 12.5. The number of aliphatic hydroxyl groups is 1. The first kappa shape index (κ1) is 34.6. The summed E-state index contributed by atoms with van der Waals surface area (Å²) < 4.78 is 17.7. The van der Waals surface area contributed by atoms with Gasteiger partial charge in [-0.15, -0.1) is 0 Å². The predicted octanol–water partition coefficient (Wildman–Crippen LogP) is 5.44. The Morgan fingerprint density at radius 1 is 1.04 bits per heavy atom. The average molecular weight is 721 g/mol. The number of nitrogens with zero attached hydrogens (tertiary/aromatic N) is 2. The van der Waals surface area contributed by atoms with Crippen LogP contribution >= 0.6 is 0 Å². The quantitative estimate of drug-likeness (QED) is 0.226. The van der Waals surface area contributed by atoms with Gasteiger partial charge in [0.15, 0.2) is 0 Å². The van der Waals surface area contributed by atoms with Gasteiger partial charge in [0, 0.05) is 83.8 Å². The summed E-state index contributed by atoms with van der Waals surface area (Å²) in [5.74, 6) is 0.539. The number of carbonyl (C=O) groups excluding carboxylic acids is 2. The minimum Gasteiger partial charge on any atom is -0.496 e. The lowest BCUT2D eigenvalue weighted by atomic mass is 9.53. The van der Waals surface area contributed by atoms with E-state index >= 15 is 4.79 Å². The molecule has 0 amide bonds. The van der Waals surface area contributed by atoms with Crippen LogP contribution in [0.25, 0.3) is 10.9 Å². The summed E-state index contributed by atoms with van der Waals surface area (Å²) >= 11 is 0. The number of nitrogens with one attached hydrogen (secondary N) is 2. The van der Waals surface area contributed by atoms with Crippen molar-refractivity contribution in [3.8, 4) is 5.75 Å². The number of fused-ring (bicyclic) bond motifs is 6. The number of benzene rings is 2. The van der Waals surface area contributed by atoms with Crippen molar-refractivity contribution in [2.24, 2.45) is 17.3 Å². The summed E-state index contributed by atoms with van der Waals surface area (Å²) in [6, 6.07) is 12.5. The molecule has 0 saturated carbocycles. The van der Waals surface area contributed by atoms with Gasteiger partial charge in [-0.25, -0.2) is 4.79 Å². The molecular weight excluding hydrogens is 668 g/mol. The highest BCUT2D eigenvalue weighted by molar-refractivity contribution is 5.96. The molecule has 1 spiro atoms. The molecular formula is C43H52N4O6. The Labute approximate surface area is 311 Å². The number of rotatable bonds is 6. The zero-order valence-corrected chi connectivity index (χ0v) is 31.6. The van der Waals surface area contributed by atoms with Crippen molar-refractivity contribution in [2.75, 3.05) is 59.4 Å². The van der Waals surface area contributed by atoms with Crippen LogP contribution in [0.2, 0.25) is 0 Å². The summed E-state index contributed by atoms with van der Waals surface area (Å²) in [6.45, 7) is 8.86. The Morgan fingerprint density at radius 2 is 1.87 bits per heavy atom. The Bertz CT molecular complexity index is 2070. The number of para-hydroxylation sites is 1. The van der Waals surface area contributed by atoms with Crippen LogP contribution in [0.3, 0.4) is 0 Å². The van der Waals surface area contributed by atoms with Gasteiger partial charge in [-0.2, -0.15) is 0 Å². The van der Waals surface area contributed by atoms with Crippen molar-refractivity contribution in [1.29, 1.82) is 0 Å². The largest absolute Gasteiger partial charge is 0.496 e. The maximum Gasteiger partial charge on any atom is 0.338 e. The Kier molecular flexibility index (Phi) is 8.15. The topological polar surface area (TPSA) is 116 Å². The van der Waals surface area contributed by atoms with Crippen LogP contribution in [0.1, 0.15) is 68.3 Å². The lowest BCUT2D eigenvalue weighted by molar-refractivity contribution is -0.147. The van der Waals surface area contributed by atoms with E-state index in [9.17, 15) is 9.90 Å². The smallest absolute Gasteiger partial charge is 0.338 e. The van der Waals surface area contributed by atoms with Gasteiger partial charge in [0.2, 0.25) is 0 Å². The van der Waals surface area contributed by atoms with Crippen LogP contribution in [-0.4, -0.2) is 98.0 Å². The monoisotopic (exact) mass is 720 g/mol. The fraction of sp³-hybridized carbons (Fsp3) is 0.535. The molecule has 0 radical (unpaired) electrons. The zero-order chi connectivity index (χ0) is 36.9. The highest BCUT2D eigenvalue weighted by atomic mass is 16.5. The van der Waals surface area contributed by atoms with Crippen LogP contribution in [0.15, 0.2) is 59.8 Å². The number of aliphatic hydroxyl groups excluding tert-OH is 1. The molecule has 53 heavy (non-hydrogen) atoms. The van der Waals surface area contributed by atoms with Crippen LogP contribution in [-0.2, 0) is 36.3 Å². The summed E-state index contributed by atoms with van der Waals surface area (Å²) in [6.07, 6.45) is 8.12. The molecule has 10 heteroatoms. The van der Waals surface area contributed by atoms with Gasteiger partial charge in [0.05, 0.1) is 38.4 Å². The number of anilines is 1. The predicted molar refractivity (Wildman–Crippen MR) is 203 cm³/mol. The van der Waals surface area contributed by atoms with E-state index in [0.717, 1.165) is 97.4 Å². The highest BCUT2D eigenvalue weighted by Gasteiger charge is 2.69. The number of piperidine rings is 1. The summed E-state index contributed by atoms with van der Waals surface area (Å²) in [4.78, 5) is 37.8. The van der Waals surface area contributed by atoms with E-state index in [1.54, 1.807) is 7.11 Å². The second-order valence-corrected chi connectivity index (χ2v) is 16.4. The van der Waals surface area contributed by atoms with Crippen molar-refractivity contribution in [3.63, 3.8) is 0 Å². The van der Waals surface area contributed by atoms with E-state index in [0.29, 0.717) is 30.2 Å². The molecule has 1 aliphatic carbocycles. The molecule has 2 aromatic carbocycles. The average Bonchev–Trinajstić information content (AvgIpc) is 3.87. The molecule has 5 aliphatic heterocycles. The van der Waals surface area contributed by atoms with Crippen LogP contribution in [0.4, 0.5) is 5.69 Å². The number of hydrogen-bond acceptors (Lipinski definition) is 9. The normalized spacial score (nSPS) is 34.2. The first-order chi connectivity index (χ1) is 25.7. The van der Waals surface area contributed by atoms with Crippen LogP contribution in [0, 0.1) is 17.3 Å². The summed E-state index contributed by atoms with van der Waals surface area (Å²) in [7, 11) is 4.55. The molecule has 2 fully saturated rings. The molecule has 1 unspecified atom stereocenters. The number of hydrogen-bond donors (Lipinski definition) is 3. The fourth-order valence-electron chi connectivity index (χ4n) is 12.0. The van der Waals surface area contributed by atoms with E-state index in [4.69, 9.17) is 14.2 Å². The van der Waals surface area contributed by atoms with Gasteiger partial charge in [0.25, 0.3) is 0 Å². The van der Waals surface area contributed by atoms with Gasteiger partial charge < -0.3 is 34.5 Å². The van der Waals surface area contributed by atoms with Crippen LogP contribution < -0.4 is 10.1 Å². The third-order valence-corrected chi connectivity index (χ3v) is 14.3. The van der Waals surface area contributed by atoms with Gasteiger partial charge in [0.1, 0.15) is 11.2 Å². The van der Waals surface area contributed by atoms with Gasteiger partial charge >= 0.3 is 11.9 Å². The molecule has 3 aromatic rings. The number of aromatic amines is 1. The second-order valence-electron chi connectivity index (χ2n) is 16.4. The molecule has 280 valence electrons. The first-order valence-electron chi connectivity index (χ1n) is 19.5. The van der Waals surface area contributed by atoms with E-state index in [1.165, 1.54) is 14.2 Å². The Morgan fingerprint density at radius 3 is 2.62 bits per heavy atom. The number of carbonyl (C=O) groups is 2. The number of methoxy groups -OCH3 is 3. The lowest BCUT2D eigenvalue weighted by Crippen LogP contribution is -2.63. The minimum absolute atomic E-state index is 0.117. The number of aromatic nitrogens is 1. The molecule has 10 nitrogen and oxygen atoms in total. The molecule has 9 rings (SSSR count). The zero-order valence-electron chi connectivity index (χ0n) is 31.6. The highest BCUT2D eigenvalue weighted by Crippen LogP contribution is 2.65. The van der Waals surface area contributed by atoms with E-state index in [2.05, 4.69) is 70.4 Å². The van der Waals surface area contributed by atoms with Crippen molar-refractivity contribution >= 4 is 28.5 Å². The molecule has 1 aromatic heterocycles. The van der Waals surface area contributed by atoms with Gasteiger partial charge in [-0.3, -0.25) is 9.69 Å². The number of esters is 2. The van der Waals surface area contributed by atoms with Gasteiger partial charge in [-0.05, 0) is 67.2 Å². The Hall–Kier alpha value is -4.12. The molecule has 6 aliphatic rings. The van der Waals surface area contributed by atoms with Crippen LogP contribution in [0.5, 0.6) is 5.75 Å². The third-order valence-electron chi connectivity index (χ3n) is 14.3. The van der Waals surface area contributed by atoms with Crippen molar-refractivity contribution in [2.45, 2.75) is 75.3 Å². The SMILES string of the molecule is CC[C@H]1C[C@@H]2CN(CCc3c([nH]c4ccccc34)[C@@](C(=O)OC)(c3cc4c(cc3OC)NC3=C(C(=O)OC)[C@H](O)[C@]5(CC)C=CCN6CC[C@@]34[C@@H]65)C2)C1. The summed E-state index contributed by atoms with van der Waals surface area (Å²) in [5.41, 5.74) is 4.07. The van der Waals surface area contributed by atoms with E-state index < -0.39 is 28.3 Å². The fourth-order valence-corrected chi connectivity index (χ4v) is 12.0. The third kappa shape index (κ3) is 4.55. The number of H-pyrrole nitrogens is 1. The molecule has 2 bridgehead atoms. The standard InChI is InChI=1S/C43H52N4O6/c1-6-25-19-26-22-43(40(50)53-5,35-28(13-17-46(23-25)24-26)27-11-8-9-12-31(27)44-35)30-20-29-32(21-33(30)51-3)45-36-34(38(49)52-4)37(48)41(7-2)14-10-16-47-18-15-42(29,36)39(41)47/h8-12,14,20-21,25-26,37,39,44-45,48H,6-7,13,15-19,22-24H2,1-5H3/t25-,26-,37-,39-,41-,42-,43-/m0/s1. The minimum atomic E-state index is -1.21. The molecule has 8 atom stereocenters. The van der Waals surface area contributed by atoms with E-state index in [-0.39, 0.29) is 23.5 Å². The maximum absolute atomic E-state index is 15.1. The van der Waals surface area contributed by atoms with Crippen molar-refractivity contribution < 1.29 is 28.9 Å². The summed E-state index contributed by atoms with van der Waals surface area (Å²) in [5, 5.41) is 17.0. The molecule has 2 saturated heterocycles. The molecule has 6 heterocycles. The maximum atomic E-state index is 15.1. The number of ether oxygens (including phenoxy) is 3. The van der Waals surface area contributed by atoms with Gasteiger partial charge in [-0.1, -0.05) is 50.6 Å². The van der Waals surface area contributed by atoms with Crippen molar-refractivity contribution in [3.05, 3.63) is 82.2 Å². The lowest BCUT2D eigenvalue weighted by Gasteiger charge is -2.55. The first-order valence-corrected chi connectivity index (χ1v) is 19.5. The van der Waals surface area contributed by atoms with Crippen molar-refractivity contribution in [1.82, 2.24) is 14.8 Å². The Balaban J connectivity index is 1.35. The van der Waals surface area contributed by atoms with E-state index in [1.807, 2.05) is 12.1 Å².